The Morgan fingerprint density at radius 3 is 2.26 bits per heavy atom. The summed E-state index contributed by atoms with van der Waals surface area (Å²) in [6, 6.07) is 4.47. The lowest BCUT2D eigenvalue weighted by atomic mass is 10.0. The quantitative estimate of drug-likeness (QED) is 0.346. The minimum absolute atomic E-state index is 0.0608. The number of hydrogen-bond acceptors (Lipinski definition) is 7. The van der Waals surface area contributed by atoms with Crippen molar-refractivity contribution in [2.24, 2.45) is 11.7 Å². The van der Waals surface area contributed by atoms with E-state index in [4.69, 9.17) is 15.2 Å². The zero-order valence-corrected chi connectivity index (χ0v) is 24.2. The molecule has 1 aromatic carbocycles. The summed E-state index contributed by atoms with van der Waals surface area (Å²) in [5, 5.41) is 6.32. The summed E-state index contributed by atoms with van der Waals surface area (Å²) >= 11 is 0. The Morgan fingerprint density at radius 2 is 1.67 bits per heavy atom. The van der Waals surface area contributed by atoms with Crippen molar-refractivity contribution in [3.05, 3.63) is 36.0 Å². The van der Waals surface area contributed by atoms with Gasteiger partial charge in [0.15, 0.2) is 0 Å². The number of esters is 1. The summed E-state index contributed by atoms with van der Waals surface area (Å²) in [5.41, 5.74) is 6.65. The molecule has 2 rings (SSSR count). The van der Waals surface area contributed by atoms with Gasteiger partial charge in [-0.3, -0.25) is 14.2 Å². The number of aromatic nitrogens is 1. The molecule has 3 atom stereocenters. The van der Waals surface area contributed by atoms with Gasteiger partial charge >= 0.3 is 12.1 Å². The van der Waals surface area contributed by atoms with E-state index in [1.54, 1.807) is 39.1 Å². The Kier molecular flexibility index (Phi) is 11.5. The first-order valence-electron chi connectivity index (χ1n) is 13.5. The van der Waals surface area contributed by atoms with Crippen LogP contribution >= 0.6 is 0 Å². The number of benzene rings is 1. The van der Waals surface area contributed by atoms with Crippen LogP contribution in [0.2, 0.25) is 0 Å². The van der Waals surface area contributed by atoms with E-state index in [0.29, 0.717) is 30.3 Å². The van der Waals surface area contributed by atoms with E-state index in [1.807, 2.05) is 32.9 Å². The van der Waals surface area contributed by atoms with Gasteiger partial charge in [-0.15, -0.1) is 0 Å². The van der Waals surface area contributed by atoms with Crippen LogP contribution < -0.4 is 16.4 Å². The third kappa shape index (κ3) is 9.38. The van der Waals surface area contributed by atoms with Crippen molar-refractivity contribution in [1.29, 1.82) is 0 Å². The van der Waals surface area contributed by atoms with Gasteiger partial charge in [-0.2, -0.15) is 0 Å². The summed E-state index contributed by atoms with van der Waals surface area (Å²) in [6.07, 6.45) is 3.45. The zero-order valence-electron chi connectivity index (χ0n) is 24.2. The number of carbonyl (C=O) groups excluding carboxylic acids is 4. The van der Waals surface area contributed by atoms with Crippen LogP contribution in [0.3, 0.4) is 0 Å². The number of nitrogens with two attached hydrogens (primary N) is 1. The molecule has 0 aliphatic heterocycles. The van der Waals surface area contributed by atoms with E-state index in [1.165, 1.54) is 11.7 Å². The van der Waals surface area contributed by atoms with Crippen LogP contribution in [0.5, 0.6) is 0 Å². The fraction of sp³-hybridized carbons (Fsp3) is 0.586. The maximum absolute atomic E-state index is 13.6. The monoisotopic (exact) mass is 544 g/mol. The van der Waals surface area contributed by atoms with E-state index in [0.717, 1.165) is 11.8 Å². The lowest BCUT2D eigenvalue weighted by Crippen LogP contribution is -2.55. The van der Waals surface area contributed by atoms with Crippen molar-refractivity contribution in [2.45, 2.75) is 97.4 Å². The SMILES string of the molecule is CCCC[C@@H](NC(=O)[C@@H](Cc1cn(C(=O)OC)c2ccccc12)NC(=O)[C@@H](N)CC(C)C)C(=O)OC(C)(C)C. The van der Waals surface area contributed by atoms with Gasteiger partial charge in [-0.25, -0.2) is 9.59 Å². The predicted molar refractivity (Wildman–Crippen MR) is 150 cm³/mol. The van der Waals surface area contributed by atoms with E-state index in [-0.39, 0.29) is 12.3 Å². The second kappa shape index (κ2) is 14.1. The number of unbranched alkanes of at least 4 members (excludes halogenated alkanes) is 1. The molecule has 0 bridgehead atoms. The molecular weight excluding hydrogens is 500 g/mol. The molecule has 1 aromatic heterocycles. The number of amides is 2. The van der Waals surface area contributed by atoms with Crippen molar-refractivity contribution in [1.82, 2.24) is 15.2 Å². The first kappa shape index (κ1) is 31.8. The van der Waals surface area contributed by atoms with Crippen LogP contribution in [0.4, 0.5) is 4.79 Å². The fourth-order valence-electron chi connectivity index (χ4n) is 4.29. The van der Waals surface area contributed by atoms with E-state index >= 15 is 0 Å². The number of rotatable bonds is 12. The van der Waals surface area contributed by atoms with Crippen LogP contribution in [0.25, 0.3) is 10.9 Å². The van der Waals surface area contributed by atoms with Gasteiger partial charge in [0.1, 0.15) is 17.7 Å². The second-order valence-corrected chi connectivity index (χ2v) is 11.2. The normalized spacial score (nSPS) is 14.0. The van der Waals surface area contributed by atoms with Gasteiger partial charge in [-0.05, 0) is 51.2 Å². The first-order valence-corrected chi connectivity index (χ1v) is 13.5. The highest BCUT2D eigenvalue weighted by atomic mass is 16.6. The smallest absolute Gasteiger partial charge is 0.418 e. The molecule has 2 aromatic rings. The average Bonchev–Trinajstić information content (AvgIpc) is 3.22. The molecule has 0 radical (unpaired) electrons. The number of ether oxygens (including phenoxy) is 2. The molecular formula is C29H44N4O6. The highest BCUT2D eigenvalue weighted by molar-refractivity contribution is 5.95. The Morgan fingerprint density at radius 1 is 1.03 bits per heavy atom. The molecule has 216 valence electrons. The number of hydrogen-bond donors (Lipinski definition) is 3. The molecule has 0 fully saturated rings. The number of fused-ring (bicyclic) bond motifs is 1. The Balaban J connectivity index is 2.42. The standard InChI is InChI=1S/C29H44N4O6/c1-8-9-13-22(27(36)39-29(4,5)6)31-26(35)23(32-25(34)21(30)15-18(2)3)16-19-17-33(28(37)38-7)24-14-11-10-12-20(19)24/h10-12,14,17-18,21-23H,8-9,13,15-16,30H2,1-7H3,(H,31,35)(H,32,34)/t21-,22+,23+/m0/s1. The van der Waals surface area contributed by atoms with Crippen molar-refractivity contribution < 1.29 is 28.7 Å². The number of carbonyl (C=O) groups is 4. The summed E-state index contributed by atoms with van der Waals surface area (Å²) in [7, 11) is 1.29. The molecule has 10 heteroatoms. The van der Waals surface area contributed by atoms with E-state index < -0.39 is 47.6 Å². The summed E-state index contributed by atoms with van der Waals surface area (Å²) < 4.78 is 11.8. The van der Waals surface area contributed by atoms with Gasteiger partial charge < -0.3 is 25.8 Å². The van der Waals surface area contributed by atoms with Gasteiger partial charge in [0.25, 0.3) is 0 Å². The van der Waals surface area contributed by atoms with Crippen molar-refractivity contribution in [2.75, 3.05) is 7.11 Å². The van der Waals surface area contributed by atoms with E-state index in [2.05, 4.69) is 10.6 Å². The number of para-hydroxylation sites is 1. The summed E-state index contributed by atoms with van der Waals surface area (Å²) in [6.45, 7) is 11.2. The van der Waals surface area contributed by atoms with Gasteiger partial charge in [0.2, 0.25) is 11.8 Å². The molecule has 0 aliphatic rings. The highest BCUT2D eigenvalue weighted by Gasteiger charge is 2.31. The van der Waals surface area contributed by atoms with Gasteiger partial charge in [-0.1, -0.05) is 51.8 Å². The van der Waals surface area contributed by atoms with Crippen LogP contribution in [-0.4, -0.2) is 59.3 Å². The Labute approximate surface area is 231 Å². The minimum atomic E-state index is -1.06. The van der Waals surface area contributed by atoms with Gasteiger partial charge in [0, 0.05) is 18.0 Å². The summed E-state index contributed by atoms with van der Waals surface area (Å²) in [4.78, 5) is 51.9. The molecule has 4 N–H and O–H groups in total. The molecule has 0 saturated carbocycles. The summed E-state index contributed by atoms with van der Waals surface area (Å²) in [5.74, 6) is -1.36. The third-order valence-corrected chi connectivity index (χ3v) is 6.14. The number of nitrogens with zero attached hydrogens (tertiary/aromatic N) is 1. The zero-order chi connectivity index (χ0) is 29.3. The van der Waals surface area contributed by atoms with Crippen molar-refractivity contribution >= 4 is 34.8 Å². The van der Waals surface area contributed by atoms with Crippen molar-refractivity contribution in [3.8, 4) is 0 Å². The topological polar surface area (TPSA) is 142 Å². The second-order valence-electron chi connectivity index (χ2n) is 11.2. The maximum Gasteiger partial charge on any atom is 0.418 e. The number of methoxy groups -OCH3 is 1. The largest absolute Gasteiger partial charge is 0.458 e. The maximum atomic E-state index is 13.6. The highest BCUT2D eigenvalue weighted by Crippen LogP contribution is 2.23. The van der Waals surface area contributed by atoms with E-state index in [9.17, 15) is 19.2 Å². The molecule has 39 heavy (non-hydrogen) atoms. The predicted octanol–water partition coefficient (Wildman–Crippen LogP) is 3.67. The Bertz CT molecular complexity index is 1150. The lowest BCUT2D eigenvalue weighted by molar-refractivity contribution is -0.159. The van der Waals surface area contributed by atoms with Crippen LogP contribution in [0.1, 0.15) is 72.8 Å². The Hall–Kier alpha value is -3.40. The molecule has 1 heterocycles. The fourth-order valence-corrected chi connectivity index (χ4v) is 4.29. The van der Waals surface area contributed by atoms with Crippen molar-refractivity contribution in [3.63, 3.8) is 0 Å². The van der Waals surface area contributed by atoms with Crippen LogP contribution in [0.15, 0.2) is 30.5 Å². The molecule has 0 unspecified atom stereocenters. The van der Waals surface area contributed by atoms with Crippen LogP contribution in [-0.2, 0) is 30.3 Å². The average molecular weight is 545 g/mol. The molecule has 0 spiro atoms. The van der Waals surface area contributed by atoms with Crippen LogP contribution in [0, 0.1) is 5.92 Å². The third-order valence-electron chi connectivity index (χ3n) is 6.14. The molecule has 0 saturated heterocycles. The molecule has 0 aliphatic carbocycles. The molecule has 2 amide bonds. The van der Waals surface area contributed by atoms with Gasteiger partial charge in [0.05, 0.1) is 18.7 Å². The lowest BCUT2D eigenvalue weighted by Gasteiger charge is -2.27. The first-order chi connectivity index (χ1) is 18.3. The molecule has 10 nitrogen and oxygen atoms in total. The number of nitrogens with one attached hydrogen (secondary N) is 2. The minimum Gasteiger partial charge on any atom is -0.458 e.